The molecular weight excluding hydrogens is 362 g/mol. The van der Waals surface area contributed by atoms with Gasteiger partial charge in [-0.15, -0.1) is 0 Å². The van der Waals surface area contributed by atoms with Crippen molar-refractivity contribution in [3.05, 3.63) is 0 Å². The molecule has 27 heavy (non-hydrogen) atoms. The lowest BCUT2D eigenvalue weighted by molar-refractivity contribution is -0.186. The van der Waals surface area contributed by atoms with E-state index in [1.165, 1.54) is 0 Å². The number of ether oxygens (including phenoxy) is 1. The molecular formula is C18H30F2N2O5. The predicted molar refractivity (Wildman–Crippen MR) is 93.3 cm³/mol. The molecule has 1 saturated heterocycles. The number of carbonyl (C=O) groups is 2. The van der Waals surface area contributed by atoms with E-state index in [2.05, 4.69) is 5.32 Å². The van der Waals surface area contributed by atoms with E-state index in [-0.39, 0.29) is 25.8 Å². The lowest BCUT2D eigenvalue weighted by atomic mass is 9.53. The second-order valence-electron chi connectivity index (χ2n) is 9.21. The Hall–Kier alpha value is -1.48. The summed E-state index contributed by atoms with van der Waals surface area (Å²) in [6, 6.07) is 0. The van der Waals surface area contributed by atoms with Crippen molar-refractivity contribution >= 4 is 12.0 Å². The molecule has 1 heterocycles. The number of likely N-dealkylation sites (tertiary alicyclic amines) is 1. The van der Waals surface area contributed by atoms with Crippen LogP contribution in [0.4, 0.5) is 13.6 Å². The maximum Gasteiger partial charge on any atom is 0.408 e. The minimum absolute atomic E-state index is 0.0539. The van der Waals surface area contributed by atoms with Crippen LogP contribution in [0, 0.1) is 5.41 Å². The van der Waals surface area contributed by atoms with Gasteiger partial charge in [0.05, 0.1) is 12.6 Å². The van der Waals surface area contributed by atoms with E-state index in [1.807, 2.05) is 0 Å². The molecule has 0 aromatic rings. The number of carbonyl (C=O) groups excluding carboxylic acids is 2. The zero-order valence-corrected chi connectivity index (χ0v) is 16.5. The van der Waals surface area contributed by atoms with Crippen LogP contribution in [0.2, 0.25) is 0 Å². The smallest absolute Gasteiger partial charge is 0.408 e. The predicted octanol–water partition coefficient (Wildman–Crippen LogP) is 1.66. The molecule has 3 N–H and O–H groups in total. The van der Waals surface area contributed by atoms with Gasteiger partial charge in [-0.05, 0) is 33.6 Å². The van der Waals surface area contributed by atoms with Gasteiger partial charge in [0.2, 0.25) is 5.91 Å². The molecule has 0 spiro atoms. The van der Waals surface area contributed by atoms with E-state index in [9.17, 15) is 28.6 Å². The number of piperidine rings is 1. The number of aliphatic hydroxyl groups excluding tert-OH is 1. The molecule has 0 aromatic carbocycles. The molecule has 1 aliphatic heterocycles. The van der Waals surface area contributed by atoms with Crippen LogP contribution in [0.3, 0.4) is 0 Å². The number of hydrogen-bond donors (Lipinski definition) is 3. The third kappa shape index (κ3) is 3.89. The highest BCUT2D eigenvalue weighted by Crippen LogP contribution is 2.51. The molecule has 9 heteroatoms. The highest BCUT2D eigenvalue weighted by atomic mass is 19.3. The van der Waals surface area contributed by atoms with E-state index in [4.69, 9.17) is 4.74 Å². The van der Waals surface area contributed by atoms with Crippen molar-refractivity contribution in [2.75, 3.05) is 13.1 Å². The second-order valence-corrected chi connectivity index (χ2v) is 9.21. The Morgan fingerprint density at radius 3 is 2.33 bits per heavy atom. The van der Waals surface area contributed by atoms with Gasteiger partial charge < -0.3 is 25.2 Å². The number of rotatable bonds is 3. The fourth-order valence-corrected chi connectivity index (χ4v) is 3.75. The quantitative estimate of drug-likeness (QED) is 0.678. The normalized spacial score (nSPS) is 33.4. The van der Waals surface area contributed by atoms with Crippen molar-refractivity contribution in [2.24, 2.45) is 5.41 Å². The zero-order valence-electron chi connectivity index (χ0n) is 16.5. The summed E-state index contributed by atoms with van der Waals surface area (Å²) in [7, 11) is 0. The third-order valence-electron chi connectivity index (χ3n) is 5.71. The number of alkyl halides is 2. The molecule has 2 fully saturated rings. The summed E-state index contributed by atoms with van der Waals surface area (Å²) in [5.74, 6) is -0.595. The van der Waals surface area contributed by atoms with E-state index >= 15 is 0 Å². The van der Waals surface area contributed by atoms with Crippen molar-refractivity contribution < 1.29 is 33.3 Å². The molecule has 0 radical (unpaired) electrons. The number of β-amino-alcohol motifs (C(OH)–C–C–N with tert-alkyl or cyclic N) is 1. The second kappa shape index (κ2) is 6.84. The first-order valence-electron chi connectivity index (χ1n) is 9.14. The number of aliphatic hydroxyl groups is 2. The van der Waals surface area contributed by atoms with Crippen molar-refractivity contribution in [3.8, 4) is 0 Å². The van der Waals surface area contributed by atoms with Gasteiger partial charge in [-0.25, -0.2) is 13.6 Å². The highest BCUT2D eigenvalue weighted by molar-refractivity contribution is 5.92. The summed E-state index contributed by atoms with van der Waals surface area (Å²) in [6.07, 6.45) is -4.60. The number of halogens is 2. The van der Waals surface area contributed by atoms with Crippen LogP contribution in [-0.2, 0) is 9.53 Å². The first kappa shape index (κ1) is 21.8. The first-order valence-corrected chi connectivity index (χ1v) is 9.14. The topological polar surface area (TPSA) is 99.1 Å². The summed E-state index contributed by atoms with van der Waals surface area (Å²) >= 11 is 0. The Balaban J connectivity index is 2.27. The standard InChI is InChI=1S/C18H30F2N2O5/c1-15(2,3)27-14(25)21-18(9-11(23)16(18,4)5)13(24)22-8-6-7-17(26,10-22)12(19)20/h11-12,23,26H,6-10H2,1-5H3,(H,21,25). The van der Waals surface area contributed by atoms with Gasteiger partial charge in [-0.3, -0.25) is 4.79 Å². The van der Waals surface area contributed by atoms with Crippen molar-refractivity contribution in [1.29, 1.82) is 0 Å². The molecule has 0 bridgehead atoms. The molecule has 2 aliphatic rings. The maximum absolute atomic E-state index is 13.3. The summed E-state index contributed by atoms with van der Waals surface area (Å²) in [5.41, 5.74) is -5.58. The molecule has 1 saturated carbocycles. The Bertz CT molecular complexity index is 607. The number of nitrogens with zero attached hydrogens (tertiary/aromatic N) is 1. The Kier molecular flexibility index (Phi) is 5.53. The van der Waals surface area contributed by atoms with Crippen LogP contribution >= 0.6 is 0 Å². The molecule has 0 aromatic heterocycles. The average Bonchev–Trinajstić information content (AvgIpc) is 2.51. The minimum atomic E-state index is -2.98. The highest BCUT2D eigenvalue weighted by Gasteiger charge is 2.66. The third-order valence-corrected chi connectivity index (χ3v) is 5.71. The summed E-state index contributed by atoms with van der Waals surface area (Å²) in [4.78, 5) is 26.7. The number of alkyl carbamates (subject to hydrolysis) is 1. The largest absolute Gasteiger partial charge is 0.444 e. The van der Waals surface area contributed by atoms with E-state index in [0.717, 1.165) is 4.90 Å². The van der Waals surface area contributed by atoms with Crippen molar-refractivity contribution in [1.82, 2.24) is 10.2 Å². The van der Waals surface area contributed by atoms with Crippen LogP contribution in [0.1, 0.15) is 53.9 Å². The SMILES string of the molecule is CC(C)(C)OC(=O)NC1(C(=O)N2CCCC(O)(C(F)F)C2)CC(O)C1(C)C. The molecule has 3 atom stereocenters. The Morgan fingerprint density at radius 1 is 1.30 bits per heavy atom. The fraction of sp³-hybridized carbons (Fsp3) is 0.889. The molecule has 3 unspecified atom stereocenters. The number of amides is 2. The van der Waals surface area contributed by atoms with Crippen molar-refractivity contribution in [3.63, 3.8) is 0 Å². The lowest BCUT2D eigenvalue weighted by Crippen LogP contribution is -2.78. The number of nitrogens with one attached hydrogen (secondary N) is 1. The van der Waals surface area contributed by atoms with Gasteiger partial charge in [0, 0.05) is 18.4 Å². The van der Waals surface area contributed by atoms with E-state index in [1.54, 1.807) is 34.6 Å². The van der Waals surface area contributed by atoms with Crippen LogP contribution in [-0.4, -0.2) is 69.5 Å². The van der Waals surface area contributed by atoms with Crippen LogP contribution in [0.15, 0.2) is 0 Å². The van der Waals surface area contributed by atoms with E-state index in [0.29, 0.717) is 0 Å². The zero-order chi connectivity index (χ0) is 20.8. The van der Waals surface area contributed by atoms with Crippen molar-refractivity contribution in [2.45, 2.75) is 83.2 Å². The van der Waals surface area contributed by atoms with E-state index < -0.39 is 53.2 Å². The van der Waals surface area contributed by atoms with Crippen LogP contribution < -0.4 is 5.32 Å². The van der Waals surface area contributed by atoms with Gasteiger partial charge in [0.25, 0.3) is 6.43 Å². The first-order chi connectivity index (χ1) is 12.1. The minimum Gasteiger partial charge on any atom is -0.444 e. The van der Waals surface area contributed by atoms with Gasteiger partial charge in [-0.2, -0.15) is 0 Å². The molecule has 2 rings (SSSR count). The maximum atomic E-state index is 13.3. The summed E-state index contributed by atoms with van der Waals surface area (Å²) in [5, 5.41) is 22.9. The molecule has 1 aliphatic carbocycles. The average molecular weight is 392 g/mol. The van der Waals surface area contributed by atoms with Crippen LogP contribution in [0.25, 0.3) is 0 Å². The molecule has 156 valence electrons. The number of hydrogen-bond acceptors (Lipinski definition) is 5. The monoisotopic (exact) mass is 392 g/mol. The summed E-state index contributed by atoms with van der Waals surface area (Å²) in [6.45, 7) is 7.95. The van der Waals surface area contributed by atoms with Gasteiger partial charge in [0.15, 0.2) is 0 Å². The Morgan fingerprint density at radius 2 is 1.89 bits per heavy atom. The fourth-order valence-electron chi connectivity index (χ4n) is 3.75. The molecule has 2 amide bonds. The van der Waals surface area contributed by atoms with Gasteiger partial charge in [0.1, 0.15) is 16.7 Å². The van der Waals surface area contributed by atoms with Crippen LogP contribution in [0.5, 0.6) is 0 Å². The van der Waals surface area contributed by atoms with Gasteiger partial charge in [-0.1, -0.05) is 13.8 Å². The Labute approximate surface area is 158 Å². The summed E-state index contributed by atoms with van der Waals surface area (Å²) < 4.78 is 31.7. The van der Waals surface area contributed by atoms with Gasteiger partial charge >= 0.3 is 6.09 Å². The molecule has 7 nitrogen and oxygen atoms in total. The lowest BCUT2D eigenvalue weighted by Gasteiger charge is -2.59.